The number of nitriles is 2. The Balaban J connectivity index is -0.000000144. The summed E-state index contributed by atoms with van der Waals surface area (Å²) in [7, 11) is -5.17. The summed E-state index contributed by atoms with van der Waals surface area (Å²) < 4.78 is 34.1. The van der Waals surface area contributed by atoms with Gasteiger partial charge in [-0.25, -0.2) is 0 Å². The third-order valence-corrected chi connectivity index (χ3v) is 0.512. The molecule has 0 fully saturated rings. The highest BCUT2D eigenvalue weighted by atomic mass is 32.3. The van der Waals surface area contributed by atoms with E-state index in [9.17, 15) is 0 Å². The van der Waals surface area contributed by atoms with Gasteiger partial charge in [-0.15, -0.1) is 0 Å². The van der Waals surface area contributed by atoms with Crippen LogP contribution < -0.4 is 11.5 Å². The highest BCUT2D eigenvalue weighted by Crippen LogP contribution is 1.59. The van der Waals surface area contributed by atoms with Crippen LogP contribution in [0.25, 0.3) is 0 Å². The van der Waals surface area contributed by atoms with E-state index in [2.05, 4.69) is 0 Å². The van der Waals surface area contributed by atoms with E-state index in [1.165, 1.54) is 0 Å². The highest BCUT2D eigenvalue weighted by Gasteiger charge is 1.65. The molecule has 0 aromatic heterocycles. The lowest BCUT2D eigenvalue weighted by Crippen LogP contribution is -1.94. The van der Waals surface area contributed by atoms with E-state index in [0.717, 1.165) is 0 Å². The average Bonchev–Trinajstić information content (AvgIpc) is 2.05. The number of nitrogens with zero attached hydrogens (tertiary/aromatic N) is 2. The van der Waals surface area contributed by atoms with Gasteiger partial charge < -0.3 is 20.6 Å². The van der Waals surface area contributed by atoms with Gasteiger partial charge in [0.15, 0.2) is 0 Å². The molecule has 0 heterocycles. The minimum absolute atomic E-state index is 0.472. The molecule has 0 saturated heterocycles. The second-order valence-electron chi connectivity index (χ2n) is 1.80. The average molecular weight is 236 g/mol. The lowest BCUT2D eigenvalue weighted by molar-refractivity contribution is 0.352. The molecule has 15 heavy (non-hydrogen) atoms. The summed E-state index contributed by atoms with van der Waals surface area (Å²) in [5.41, 5.74) is 9.83. The number of hydrogen-bond acceptors (Lipinski definition) is 8. The van der Waals surface area contributed by atoms with Crippen LogP contribution in [0.15, 0.2) is 0 Å². The van der Waals surface area contributed by atoms with Crippen molar-refractivity contribution < 1.29 is 17.5 Å². The van der Waals surface area contributed by atoms with E-state index in [-0.39, 0.29) is 0 Å². The second-order valence-corrected chi connectivity index (χ2v) is 2.62. The fourth-order valence-corrected chi connectivity index (χ4v) is 0.129. The molecule has 0 aliphatic carbocycles. The van der Waals surface area contributed by atoms with Crippen LogP contribution in [0, 0.1) is 22.7 Å². The SMILES string of the molecule is N#CCCN.N#CCCN.O=S(=O)([O-])[O-]. The molecule has 0 aromatic rings. The summed E-state index contributed by atoms with van der Waals surface area (Å²) >= 11 is 0. The molecular weight excluding hydrogens is 224 g/mol. The quantitative estimate of drug-likeness (QED) is 0.423. The van der Waals surface area contributed by atoms with Crippen molar-refractivity contribution in [2.24, 2.45) is 11.5 Å². The summed E-state index contributed by atoms with van der Waals surface area (Å²) in [6, 6.07) is 3.78. The van der Waals surface area contributed by atoms with Gasteiger partial charge in [-0.05, 0) is 0 Å². The summed E-state index contributed by atoms with van der Waals surface area (Å²) in [4.78, 5) is 0. The predicted octanol–water partition coefficient (Wildman–Crippen LogP) is -1.62. The monoisotopic (exact) mass is 236 g/mol. The van der Waals surface area contributed by atoms with Crippen molar-refractivity contribution >= 4 is 10.4 Å². The van der Waals surface area contributed by atoms with Crippen LogP contribution >= 0.6 is 0 Å². The first-order chi connectivity index (χ1) is 6.83. The first-order valence-corrected chi connectivity index (χ1v) is 4.97. The topological polar surface area (TPSA) is 180 Å². The molecule has 0 spiro atoms. The van der Waals surface area contributed by atoms with Gasteiger partial charge in [-0.1, -0.05) is 0 Å². The maximum absolute atomic E-state index is 8.52. The van der Waals surface area contributed by atoms with Crippen LogP contribution in [0.4, 0.5) is 0 Å². The Labute approximate surface area is 88.7 Å². The zero-order chi connectivity index (χ0) is 12.7. The van der Waals surface area contributed by atoms with Gasteiger partial charge in [0.2, 0.25) is 0 Å². The van der Waals surface area contributed by atoms with Gasteiger partial charge >= 0.3 is 0 Å². The fourth-order valence-electron chi connectivity index (χ4n) is 0.129. The van der Waals surface area contributed by atoms with Crippen molar-refractivity contribution in [1.82, 2.24) is 0 Å². The maximum Gasteiger partial charge on any atom is 0.0635 e. The van der Waals surface area contributed by atoms with Crippen LogP contribution in [0.3, 0.4) is 0 Å². The van der Waals surface area contributed by atoms with Crippen LogP contribution in [-0.4, -0.2) is 30.6 Å². The van der Waals surface area contributed by atoms with E-state index in [1.807, 2.05) is 12.1 Å². The van der Waals surface area contributed by atoms with Crippen LogP contribution in [0.1, 0.15) is 12.8 Å². The van der Waals surface area contributed by atoms with Crippen molar-refractivity contribution in [3.8, 4) is 12.1 Å². The van der Waals surface area contributed by atoms with Crippen LogP contribution in [-0.2, 0) is 10.4 Å². The third-order valence-electron chi connectivity index (χ3n) is 0.512. The van der Waals surface area contributed by atoms with E-state index in [0.29, 0.717) is 25.9 Å². The Kier molecular flexibility index (Phi) is 19.7. The van der Waals surface area contributed by atoms with Crippen molar-refractivity contribution in [3.63, 3.8) is 0 Å². The lowest BCUT2D eigenvalue weighted by Gasteiger charge is -2.06. The molecule has 0 unspecified atom stereocenters. The smallest absolute Gasteiger partial charge is 0.0635 e. The maximum atomic E-state index is 8.52. The Hall–Kier alpha value is -1.23. The molecule has 0 aliphatic heterocycles. The molecule has 0 amide bonds. The van der Waals surface area contributed by atoms with Crippen molar-refractivity contribution in [1.29, 1.82) is 10.5 Å². The van der Waals surface area contributed by atoms with Crippen molar-refractivity contribution in [2.45, 2.75) is 12.8 Å². The largest absolute Gasteiger partial charge is 0.759 e. The first-order valence-electron chi connectivity index (χ1n) is 3.64. The zero-order valence-electron chi connectivity index (χ0n) is 7.92. The number of nitrogens with two attached hydrogens (primary N) is 2. The Bertz CT molecular complexity index is 265. The van der Waals surface area contributed by atoms with E-state index in [1.54, 1.807) is 0 Å². The predicted molar refractivity (Wildman–Crippen MR) is 49.0 cm³/mol. The molecule has 0 aromatic carbocycles. The molecule has 0 rings (SSSR count). The molecule has 0 bridgehead atoms. The molecule has 4 N–H and O–H groups in total. The third kappa shape index (κ3) is 193. The molecule has 9 heteroatoms. The van der Waals surface area contributed by atoms with Crippen molar-refractivity contribution in [3.05, 3.63) is 0 Å². The molecular formula is C6H12N4O4S-2. The first kappa shape index (κ1) is 19.4. The standard InChI is InChI=1S/2C3H6N2.H2O4S/c2*4-2-1-3-5;1-5(2,3)4/h2*1-2,4H2;(H2,1,2,3,4)/p-2. The van der Waals surface area contributed by atoms with Gasteiger partial charge in [0.05, 0.1) is 12.1 Å². The molecule has 0 atom stereocenters. The second kappa shape index (κ2) is 15.3. The van der Waals surface area contributed by atoms with E-state index < -0.39 is 10.4 Å². The van der Waals surface area contributed by atoms with E-state index >= 15 is 0 Å². The fraction of sp³-hybridized carbons (Fsp3) is 0.667. The highest BCUT2D eigenvalue weighted by molar-refractivity contribution is 7.79. The summed E-state index contributed by atoms with van der Waals surface area (Å²) in [6.45, 7) is 0.965. The molecule has 8 nitrogen and oxygen atoms in total. The van der Waals surface area contributed by atoms with Gasteiger partial charge in [0.25, 0.3) is 0 Å². The van der Waals surface area contributed by atoms with Crippen LogP contribution in [0.2, 0.25) is 0 Å². The minimum Gasteiger partial charge on any atom is -0.759 e. The van der Waals surface area contributed by atoms with Gasteiger partial charge in [-0.2, -0.15) is 10.5 Å². The minimum atomic E-state index is -5.17. The van der Waals surface area contributed by atoms with Crippen LogP contribution in [0.5, 0.6) is 0 Å². The molecule has 0 aliphatic rings. The van der Waals surface area contributed by atoms with Gasteiger partial charge in [-0.3, -0.25) is 8.42 Å². The number of rotatable bonds is 2. The molecule has 0 radical (unpaired) electrons. The summed E-state index contributed by atoms with van der Waals surface area (Å²) in [6.07, 6.45) is 0.944. The molecule has 88 valence electrons. The Morgan fingerprint density at radius 1 is 1.00 bits per heavy atom. The van der Waals surface area contributed by atoms with Gasteiger partial charge in [0, 0.05) is 36.3 Å². The Morgan fingerprint density at radius 3 is 1.20 bits per heavy atom. The van der Waals surface area contributed by atoms with Crippen molar-refractivity contribution in [2.75, 3.05) is 13.1 Å². The normalized spacial score (nSPS) is 8.13. The van der Waals surface area contributed by atoms with Gasteiger partial charge in [0.1, 0.15) is 0 Å². The summed E-state index contributed by atoms with van der Waals surface area (Å²) in [5, 5.41) is 15.5. The van der Waals surface area contributed by atoms with E-state index in [4.69, 9.17) is 39.5 Å². The zero-order valence-corrected chi connectivity index (χ0v) is 8.74. The summed E-state index contributed by atoms with van der Waals surface area (Å²) in [5.74, 6) is 0. The Morgan fingerprint density at radius 2 is 1.20 bits per heavy atom. The molecule has 0 saturated carbocycles. The lowest BCUT2D eigenvalue weighted by atomic mass is 10.5. The number of hydrogen-bond donors (Lipinski definition) is 2.